The van der Waals surface area contributed by atoms with Gasteiger partial charge in [0.15, 0.2) is 0 Å². The maximum absolute atomic E-state index is 13.6. The van der Waals surface area contributed by atoms with Gasteiger partial charge in [0.2, 0.25) is 0 Å². The third-order valence-corrected chi connectivity index (χ3v) is 3.85. The van der Waals surface area contributed by atoms with E-state index in [0.29, 0.717) is 36.0 Å². The van der Waals surface area contributed by atoms with Crippen LogP contribution in [-0.4, -0.2) is 42.7 Å². The predicted octanol–water partition coefficient (Wildman–Crippen LogP) is 2.12. The number of nitrogens with one attached hydrogen (secondary N) is 1. The van der Waals surface area contributed by atoms with Gasteiger partial charge in [-0.1, -0.05) is 0 Å². The van der Waals surface area contributed by atoms with Crippen molar-refractivity contribution in [2.75, 3.05) is 25.9 Å². The summed E-state index contributed by atoms with van der Waals surface area (Å²) in [6.07, 6.45) is 1.92. The molecule has 1 atom stereocenters. The van der Waals surface area contributed by atoms with E-state index in [-0.39, 0.29) is 11.7 Å². The van der Waals surface area contributed by atoms with Crippen LogP contribution in [0.2, 0.25) is 0 Å². The molecule has 0 spiro atoms. The summed E-state index contributed by atoms with van der Waals surface area (Å²) in [6, 6.07) is 4.96. The van der Waals surface area contributed by atoms with Crippen LogP contribution in [0.25, 0.3) is 0 Å². The lowest BCUT2D eigenvalue weighted by Gasteiger charge is -2.32. The summed E-state index contributed by atoms with van der Waals surface area (Å²) in [6.45, 7) is 4.28. The molecule has 104 valence electrons. The molecule has 0 radical (unpaired) electrons. The fourth-order valence-electron chi connectivity index (χ4n) is 2.27. The molecule has 19 heavy (non-hydrogen) atoms. The molecule has 1 amide bonds. The molecule has 1 unspecified atom stereocenters. The van der Waals surface area contributed by atoms with Gasteiger partial charge in [0.05, 0.1) is 0 Å². The molecule has 0 aromatic heterocycles. The van der Waals surface area contributed by atoms with Crippen LogP contribution in [0.3, 0.4) is 0 Å². The largest absolute Gasteiger partial charge is 0.336 e. The first kappa shape index (κ1) is 14.3. The van der Waals surface area contributed by atoms with Gasteiger partial charge in [-0.15, -0.1) is 0 Å². The van der Waals surface area contributed by atoms with Crippen LogP contribution in [0.4, 0.5) is 4.39 Å². The first-order valence-electron chi connectivity index (χ1n) is 6.42. The summed E-state index contributed by atoms with van der Waals surface area (Å²) >= 11 is 1.55. The number of benzene rings is 1. The van der Waals surface area contributed by atoms with Gasteiger partial charge in [0.25, 0.3) is 5.91 Å². The van der Waals surface area contributed by atoms with E-state index in [0.717, 1.165) is 6.54 Å². The lowest BCUT2D eigenvalue weighted by Crippen LogP contribution is -2.51. The van der Waals surface area contributed by atoms with E-state index in [9.17, 15) is 9.18 Å². The first-order chi connectivity index (χ1) is 9.11. The van der Waals surface area contributed by atoms with E-state index in [2.05, 4.69) is 12.2 Å². The molecule has 2 rings (SSSR count). The van der Waals surface area contributed by atoms with Gasteiger partial charge in [-0.2, -0.15) is 11.8 Å². The Morgan fingerprint density at radius 2 is 2.37 bits per heavy atom. The SMILES string of the molecule is CSCc1cc(C(=O)N2CCNC(C)C2)ccc1F. The van der Waals surface area contributed by atoms with E-state index >= 15 is 0 Å². The van der Waals surface area contributed by atoms with Crippen LogP contribution >= 0.6 is 11.8 Å². The van der Waals surface area contributed by atoms with E-state index < -0.39 is 0 Å². The van der Waals surface area contributed by atoms with Gasteiger partial charge in [0.1, 0.15) is 5.82 Å². The minimum Gasteiger partial charge on any atom is -0.336 e. The molecule has 1 aliphatic heterocycles. The number of thioether (sulfide) groups is 1. The number of halogens is 1. The van der Waals surface area contributed by atoms with Crippen LogP contribution in [0.5, 0.6) is 0 Å². The second-order valence-electron chi connectivity index (χ2n) is 4.85. The average molecular weight is 282 g/mol. The molecule has 1 fully saturated rings. The van der Waals surface area contributed by atoms with Crippen LogP contribution in [0.15, 0.2) is 18.2 Å². The zero-order valence-corrected chi connectivity index (χ0v) is 12.1. The van der Waals surface area contributed by atoms with Gasteiger partial charge >= 0.3 is 0 Å². The van der Waals surface area contributed by atoms with Crippen molar-refractivity contribution < 1.29 is 9.18 Å². The first-order valence-corrected chi connectivity index (χ1v) is 7.81. The average Bonchev–Trinajstić information content (AvgIpc) is 2.41. The highest BCUT2D eigenvalue weighted by molar-refractivity contribution is 7.97. The quantitative estimate of drug-likeness (QED) is 0.921. The Bertz CT molecular complexity index is 467. The maximum Gasteiger partial charge on any atom is 0.253 e. The summed E-state index contributed by atoms with van der Waals surface area (Å²) in [5.41, 5.74) is 1.18. The number of hydrogen-bond donors (Lipinski definition) is 1. The van der Waals surface area contributed by atoms with Crippen LogP contribution < -0.4 is 5.32 Å². The number of hydrogen-bond acceptors (Lipinski definition) is 3. The number of carbonyl (C=O) groups is 1. The van der Waals surface area contributed by atoms with Gasteiger partial charge in [-0.05, 0) is 36.9 Å². The van der Waals surface area contributed by atoms with Crippen molar-refractivity contribution in [3.05, 3.63) is 35.1 Å². The molecule has 0 saturated carbocycles. The van der Waals surface area contributed by atoms with E-state index in [1.807, 2.05) is 11.2 Å². The van der Waals surface area contributed by atoms with Gasteiger partial charge < -0.3 is 10.2 Å². The molecule has 1 N–H and O–H groups in total. The Balaban J connectivity index is 2.16. The molecular weight excluding hydrogens is 263 g/mol. The fourth-order valence-corrected chi connectivity index (χ4v) is 2.81. The summed E-state index contributed by atoms with van der Waals surface area (Å²) < 4.78 is 13.6. The lowest BCUT2D eigenvalue weighted by molar-refractivity contribution is 0.0709. The highest BCUT2D eigenvalue weighted by atomic mass is 32.2. The molecule has 5 heteroatoms. The Morgan fingerprint density at radius 3 is 3.05 bits per heavy atom. The minimum atomic E-state index is -0.237. The van der Waals surface area contributed by atoms with E-state index in [4.69, 9.17) is 0 Å². The molecule has 0 aliphatic carbocycles. The number of piperazine rings is 1. The number of amides is 1. The van der Waals surface area contributed by atoms with Crippen molar-refractivity contribution in [2.24, 2.45) is 0 Å². The molecule has 1 heterocycles. The standard InChI is InChI=1S/C14H19FN2OS/c1-10-8-17(6-5-16-10)14(18)11-3-4-13(15)12(7-11)9-19-2/h3-4,7,10,16H,5-6,8-9H2,1-2H3. The minimum absolute atomic E-state index is 0.00398. The van der Waals surface area contributed by atoms with Crippen LogP contribution in [0.1, 0.15) is 22.8 Å². The normalized spacial score (nSPS) is 19.5. The highest BCUT2D eigenvalue weighted by Crippen LogP contribution is 2.17. The van der Waals surface area contributed by atoms with Crippen molar-refractivity contribution in [1.82, 2.24) is 10.2 Å². The van der Waals surface area contributed by atoms with Gasteiger partial charge in [-0.3, -0.25) is 4.79 Å². The zero-order valence-electron chi connectivity index (χ0n) is 11.3. The molecule has 0 bridgehead atoms. The topological polar surface area (TPSA) is 32.3 Å². The Morgan fingerprint density at radius 1 is 1.58 bits per heavy atom. The third kappa shape index (κ3) is 3.48. The molecule has 1 aromatic rings. The Kier molecular flexibility index (Phi) is 4.82. The molecule has 1 aromatic carbocycles. The number of rotatable bonds is 3. The monoisotopic (exact) mass is 282 g/mol. The fraction of sp³-hybridized carbons (Fsp3) is 0.500. The summed E-state index contributed by atoms with van der Waals surface area (Å²) in [5.74, 6) is 0.348. The number of carbonyl (C=O) groups excluding carboxylic acids is 1. The number of nitrogens with zero attached hydrogens (tertiary/aromatic N) is 1. The molecule has 1 saturated heterocycles. The van der Waals surface area contributed by atoms with Crippen molar-refractivity contribution in [1.29, 1.82) is 0 Å². The van der Waals surface area contributed by atoms with Crippen LogP contribution in [0, 0.1) is 5.82 Å². The van der Waals surface area contributed by atoms with E-state index in [1.165, 1.54) is 6.07 Å². The van der Waals surface area contributed by atoms with Gasteiger partial charge in [-0.25, -0.2) is 4.39 Å². The Labute approximate surface area is 117 Å². The molecular formula is C14H19FN2OS. The van der Waals surface area contributed by atoms with Crippen molar-refractivity contribution in [3.63, 3.8) is 0 Å². The maximum atomic E-state index is 13.6. The van der Waals surface area contributed by atoms with Gasteiger partial charge in [0, 0.05) is 37.0 Å². The highest BCUT2D eigenvalue weighted by Gasteiger charge is 2.22. The third-order valence-electron chi connectivity index (χ3n) is 3.25. The van der Waals surface area contributed by atoms with Crippen molar-refractivity contribution in [2.45, 2.75) is 18.7 Å². The Hall–Kier alpha value is -1.07. The van der Waals surface area contributed by atoms with Crippen molar-refractivity contribution >= 4 is 17.7 Å². The summed E-state index contributed by atoms with van der Waals surface area (Å²) in [5, 5.41) is 3.30. The predicted molar refractivity (Wildman–Crippen MR) is 77.0 cm³/mol. The van der Waals surface area contributed by atoms with Crippen LogP contribution in [-0.2, 0) is 5.75 Å². The second-order valence-corrected chi connectivity index (χ2v) is 5.71. The summed E-state index contributed by atoms with van der Waals surface area (Å²) in [7, 11) is 0. The smallest absolute Gasteiger partial charge is 0.253 e. The van der Waals surface area contributed by atoms with Crippen molar-refractivity contribution in [3.8, 4) is 0 Å². The zero-order chi connectivity index (χ0) is 13.8. The lowest BCUT2D eigenvalue weighted by atomic mass is 10.1. The molecule has 3 nitrogen and oxygen atoms in total. The summed E-state index contributed by atoms with van der Waals surface area (Å²) in [4.78, 5) is 14.2. The second kappa shape index (κ2) is 6.39. The molecule has 1 aliphatic rings. The van der Waals surface area contributed by atoms with E-state index in [1.54, 1.807) is 23.9 Å².